The fourth-order valence-electron chi connectivity index (χ4n) is 2.95. The molecule has 0 aromatic heterocycles. The van der Waals surface area contributed by atoms with Crippen LogP contribution in [0.15, 0.2) is 48.5 Å². The lowest BCUT2D eigenvalue weighted by molar-refractivity contribution is 0.281. The summed E-state index contributed by atoms with van der Waals surface area (Å²) in [5, 5.41) is 16.4. The number of fused-ring (bicyclic) bond motifs is 1. The molecule has 3 heteroatoms. The van der Waals surface area contributed by atoms with E-state index in [9.17, 15) is 5.11 Å². The van der Waals surface area contributed by atoms with Crippen LogP contribution in [0, 0.1) is 0 Å². The molecule has 1 unspecified atom stereocenters. The Bertz CT molecular complexity index is 597. The van der Waals surface area contributed by atoms with Crippen LogP contribution >= 0.6 is 0 Å². The number of hydrogen-bond acceptors (Lipinski definition) is 3. The van der Waals surface area contributed by atoms with Crippen molar-refractivity contribution in [3.63, 3.8) is 0 Å². The highest BCUT2D eigenvalue weighted by Gasteiger charge is 2.17. The van der Waals surface area contributed by atoms with Gasteiger partial charge in [0.25, 0.3) is 0 Å². The first-order valence-electron chi connectivity index (χ1n) is 7.57. The molecule has 1 atom stereocenters. The van der Waals surface area contributed by atoms with Gasteiger partial charge in [-0.15, -0.1) is 0 Å². The monoisotopic (exact) mass is 282 g/mol. The minimum atomic E-state index is 0.101. The third kappa shape index (κ3) is 3.50. The van der Waals surface area contributed by atoms with Crippen molar-refractivity contribution in [3.05, 3.63) is 70.8 Å². The summed E-state index contributed by atoms with van der Waals surface area (Å²) >= 11 is 0. The van der Waals surface area contributed by atoms with Gasteiger partial charge in [0, 0.05) is 19.1 Å². The Morgan fingerprint density at radius 1 is 1.10 bits per heavy atom. The Kier molecular flexibility index (Phi) is 4.65. The summed E-state index contributed by atoms with van der Waals surface area (Å²) < 4.78 is 0. The Labute approximate surface area is 126 Å². The molecule has 0 bridgehead atoms. The van der Waals surface area contributed by atoms with E-state index in [2.05, 4.69) is 47.0 Å². The van der Waals surface area contributed by atoms with E-state index in [1.807, 2.05) is 12.1 Å². The lowest BCUT2D eigenvalue weighted by atomic mass is 9.99. The molecule has 3 rings (SSSR count). The van der Waals surface area contributed by atoms with Crippen LogP contribution < -0.4 is 10.6 Å². The fourth-order valence-corrected chi connectivity index (χ4v) is 2.95. The van der Waals surface area contributed by atoms with Crippen LogP contribution in [0.5, 0.6) is 0 Å². The van der Waals surface area contributed by atoms with Gasteiger partial charge in [0.1, 0.15) is 0 Å². The van der Waals surface area contributed by atoms with Crippen LogP contribution in [0.2, 0.25) is 0 Å². The maximum atomic E-state index is 9.22. The molecule has 0 spiro atoms. The predicted octanol–water partition coefficient (Wildman–Crippen LogP) is 2.50. The minimum Gasteiger partial charge on any atom is -0.392 e. The van der Waals surface area contributed by atoms with Crippen molar-refractivity contribution in [3.8, 4) is 0 Å². The molecule has 0 fully saturated rings. The van der Waals surface area contributed by atoms with Gasteiger partial charge in [-0.3, -0.25) is 0 Å². The predicted molar refractivity (Wildman–Crippen MR) is 84.7 cm³/mol. The maximum absolute atomic E-state index is 9.22. The van der Waals surface area contributed by atoms with Crippen LogP contribution in [0.3, 0.4) is 0 Å². The van der Waals surface area contributed by atoms with Gasteiger partial charge in [-0.25, -0.2) is 0 Å². The van der Waals surface area contributed by atoms with Gasteiger partial charge >= 0.3 is 0 Å². The third-order valence-electron chi connectivity index (χ3n) is 4.08. The van der Waals surface area contributed by atoms with E-state index in [-0.39, 0.29) is 6.61 Å². The average Bonchev–Trinajstić information content (AvgIpc) is 2.75. The summed E-state index contributed by atoms with van der Waals surface area (Å²) in [4.78, 5) is 0. The van der Waals surface area contributed by atoms with E-state index in [0.29, 0.717) is 6.04 Å². The van der Waals surface area contributed by atoms with Crippen molar-refractivity contribution in [1.29, 1.82) is 0 Å². The lowest BCUT2D eigenvalue weighted by Gasteiger charge is -2.19. The normalized spacial score (nSPS) is 18.0. The fraction of sp³-hybridized carbons (Fsp3) is 0.333. The standard InChI is InChI=1S/C18H22N2O/c21-13-15-5-3-4-14(10-15)11-20-18-8-9-19-12-16-6-1-2-7-17(16)18/h1-7,10,18-21H,8-9,11-13H2. The zero-order valence-electron chi connectivity index (χ0n) is 12.2. The second kappa shape index (κ2) is 6.85. The summed E-state index contributed by atoms with van der Waals surface area (Å²) in [5.41, 5.74) is 4.98. The SMILES string of the molecule is OCc1cccc(CNC2CCNCc3ccccc32)c1. The molecule has 3 N–H and O–H groups in total. The van der Waals surface area contributed by atoms with E-state index in [0.717, 1.165) is 31.6 Å². The first-order valence-corrected chi connectivity index (χ1v) is 7.57. The summed E-state index contributed by atoms with van der Waals surface area (Å²) in [6.07, 6.45) is 1.09. The lowest BCUT2D eigenvalue weighted by Crippen LogP contribution is -2.22. The highest BCUT2D eigenvalue weighted by atomic mass is 16.3. The molecule has 2 aromatic carbocycles. The first kappa shape index (κ1) is 14.3. The highest BCUT2D eigenvalue weighted by Crippen LogP contribution is 2.23. The molecule has 1 heterocycles. The van der Waals surface area contributed by atoms with Crippen molar-refractivity contribution < 1.29 is 5.11 Å². The van der Waals surface area contributed by atoms with E-state index in [1.54, 1.807) is 0 Å². The molecule has 110 valence electrons. The summed E-state index contributed by atoms with van der Waals surface area (Å²) in [6, 6.07) is 17.2. The maximum Gasteiger partial charge on any atom is 0.0681 e. The Balaban J connectivity index is 1.72. The number of benzene rings is 2. The van der Waals surface area contributed by atoms with Crippen molar-refractivity contribution in [2.45, 2.75) is 32.2 Å². The molecule has 0 saturated heterocycles. The van der Waals surface area contributed by atoms with Crippen molar-refractivity contribution in [2.75, 3.05) is 6.54 Å². The largest absolute Gasteiger partial charge is 0.392 e. The zero-order chi connectivity index (χ0) is 14.5. The number of aliphatic hydroxyl groups excluding tert-OH is 1. The van der Waals surface area contributed by atoms with Gasteiger partial charge in [-0.2, -0.15) is 0 Å². The van der Waals surface area contributed by atoms with Gasteiger partial charge in [0.2, 0.25) is 0 Å². The number of rotatable bonds is 4. The number of nitrogens with one attached hydrogen (secondary N) is 2. The van der Waals surface area contributed by atoms with Crippen LogP contribution in [-0.4, -0.2) is 11.7 Å². The van der Waals surface area contributed by atoms with Crippen LogP contribution in [0.25, 0.3) is 0 Å². The molecule has 0 aliphatic carbocycles. The minimum absolute atomic E-state index is 0.101. The van der Waals surface area contributed by atoms with Crippen LogP contribution in [0.1, 0.15) is 34.7 Å². The van der Waals surface area contributed by atoms with E-state index < -0.39 is 0 Å². The molecule has 2 aromatic rings. The zero-order valence-corrected chi connectivity index (χ0v) is 12.2. The second-order valence-electron chi connectivity index (χ2n) is 5.58. The van der Waals surface area contributed by atoms with E-state index >= 15 is 0 Å². The van der Waals surface area contributed by atoms with E-state index in [1.165, 1.54) is 16.7 Å². The second-order valence-corrected chi connectivity index (χ2v) is 5.58. The van der Waals surface area contributed by atoms with Gasteiger partial charge in [-0.1, -0.05) is 48.5 Å². The Hall–Kier alpha value is -1.68. The molecule has 0 radical (unpaired) electrons. The molecule has 21 heavy (non-hydrogen) atoms. The van der Waals surface area contributed by atoms with Crippen LogP contribution in [0.4, 0.5) is 0 Å². The summed E-state index contributed by atoms with van der Waals surface area (Å²) in [6.45, 7) is 2.91. The third-order valence-corrected chi connectivity index (χ3v) is 4.08. The molecule has 0 saturated carbocycles. The first-order chi connectivity index (χ1) is 10.4. The van der Waals surface area contributed by atoms with Crippen molar-refractivity contribution >= 4 is 0 Å². The number of aliphatic hydroxyl groups is 1. The molecular formula is C18H22N2O. The Morgan fingerprint density at radius 2 is 1.95 bits per heavy atom. The topological polar surface area (TPSA) is 44.3 Å². The molecule has 1 aliphatic heterocycles. The Morgan fingerprint density at radius 3 is 2.86 bits per heavy atom. The van der Waals surface area contributed by atoms with E-state index in [4.69, 9.17) is 0 Å². The van der Waals surface area contributed by atoms with Crippen LogP contribution in [-0.2, 0) is 19.7 Å². The summed E-state index contributed by atoms with van der Waals surface area (Å²) in [5.74, 6) is 0. The van der Waals surface area contributed by atoms with Crippen molar-refractivity contribution in [2.24, 2.45) is 0 Å². The van der Waals surface area contributed by atoms with Gasteiger partial charge in [0.15, 0.2) is 0 Å². The highest BCUT2D eigenvalue weighted by molar-refractivity contribution is 5.31. The van der Waals surface area contributed by atoms with Gasteiger partial charge in [-0.05, 0) is 35.2 Å². The molecule has 0 amide bonds. The van der Waals surface area contributed by atoms with Gasteiger partial charge < -0.3 is 15.7 Å². The smallest absolute Gasteiger partial charge is 0.0681 e. The molecule has 1 aliphatic rings. The quantitative estimate of drug-likeness (QED) is 0.807. The summed E-state index contributed by atoms with van der Waals surface area (Å²) in [7, 11) is 0. The van der Waals surface area contributed by atoms with Gasteiger partial charge in [0.05, 0.1) is 6.61 Å². The molecular weight excluding hydrogens is 260 g/mol. The number of hydrogen-bond donors (Lipinski definition) is 3. The average molecular weight is 282 g/mol. The molecule has 3 nitrogen and oxygen atoms in total. The van der Waals surface area contributed by atoms with Crippen molar-refractivity contribution in [1.82, 2.24) is 10.6 Å².